The van der Waals surface area contributed by atoms with Gasteiger partial charge in [-0.25, -0.2) is 9.59 Å². The van der Waals surface area contributed by atoms with E-state index in [-0.39, 0.29) is 18.9 Å². The number of carboxylic acids is 1. The summed E-state index contributed by atoms with van der Waals surface area (Å²) in [5, 5.41) is 21.0. The minimum atomic E-state index is -1.17. The van der Waals surface area contributed by atoms with Crippen molar-refractivity contribution in [3.05, 3.63) is 0 Å². The number of aliphatic hydroxyl groups excluding tert-OH is 1. The van der Waals surface area contributed by atoms with Gasteiger partial charge in [-0.1, -0.05) is 0 Å². The second-order valence-corrected chi connectivity index (χ2v) is 4.92. The molecule has 20 heavy (non-hydrogen) atoms. The van der Waals surface area contributed by atoms with Gasteiger partial charge in [-0.2, -0.15) is 0 Å². The Bertz CT molecular complexity index is 401. The van der Waals surface area contributed by atoms with Crippen LogP contribution in [0.2, 0.25) is 0 Å². The Hall–Kier alpha value is -1.83. The fourth-order valence-corrected chi connectivity index (χ4v) is 2.09. The van der Waals surface area contributed by atoms with Crippen molar-refractivity contribution >= 4 is 17.9 Å². The van der Waals surface area contributed by atoms with Crippen LogP contribution in [-0.4, -0.2) is 76.2 Å². The number of likely N-dealkylation sites (N-methyl/N-ethyl adjacent to an activating group) is 1. The van der Waals surface area contributed by atoms with E-state index in [0.717, 1.165) is 4.90 Å². The van der Waals surface area contributed by atoms with Gasteiger partial charge in [0.15, 0.2) is 0 Å². The molecule has 0 spiro atoms. The maximum atomic E-state index is 12.0. The lowest BCUT2D eigenvalue weighted by Gasteiger charge is -2.25. The maximum absolute atomic E-state index is 12.0. The quantitative estimate of drug-likeness (QED) is 0.619. The van der Waals surface area contributed by atoms with Crippen LogP contribution >= 0.6 is 0 Å². The zero-order chi connectivity index (χ0) is 15.4. The number of aliphatic hydroxyl groups is 1. The Balaban J connectivity index is 2.66. The van der Waals surface area contributed by atoms with E-state index in [0.29, 0.717) is 6.54 Å². The van der Waals surface area contributed by atoms with Crippen LogP contribution in [0.25, 0.3) is 0 Å². The predicted octanol–water partition coefficient (Wildman–Crippen LogP) is -0.917. The molecule has 114 valence electrons. The highest BCUT2D eigenvalue weighted by molar-refractivity contribution is 5.88. The molecule has 0 aromatic heterocycles. The van der Waals surface area contributed by atoms with Crippen LogP contribution in [0.3, 0.4) is 0 Å². The molecule has 1 aliphatic rings. The molecule has 1 unspecified atom stereocenters. The van der Waals surface area contributed by atoms with Crippen molar-refractivity contribution in [1.82, 2.24) is 15.1 Å². The monoisotopic (exact) mass is 287 g/mol. The van der Waals surface area contributed by atoms with Crippen molar-refractivity contribution in [2.75, 3.05) is 20.1 Å². The number of β-amino-alcohol motifs (C(OH)–C–C–N with tert-alkyl or cyclic N) is 1. The van der Waals surface area contributed by atoms with E-state index in [1.165, 1.54) is 11.8 Å². The molecule has 0 aromatic carbocycles. The number of carboxylic acid groups (broad SMARTS) is 1. The number of hydrogen-bond acceptors (Lipinski definition) is 4. The van der Waals surface area contributed by atoms with Gasteiger partial charge >= 0.3 is 12.0 Å². The lowest BCUT2D eigenvalue weighted by molar-refractivity contribution is -0.141. The molecule has 3 amide bonds. The van der Waals surface area contributed by atoms with E-state index in [1.54, 1.807) is 7.05 Å². The molecule has 8 nitrogen and oxygen atoms in total. The molecular formula is C12H21N3O5. The fraction of sp³-hybridized carbons (Fsp3) is 0.750. The van der Waals surface area contributed by atoms with Gasteiger partial charge in [-0.3, -0.25) is 4.79 Å². The van der Waals surface area contributed by atoms with Gasteiger partial charge in [0.2, 0.25) is 5.91 Å². The molecule has 1 fully saturated rings. The van der Waals surface area contributed by atoms with Crippen molar-refractivity contribution in [2.45, 2.75) is 38.5 Å². The average molecular weight is 287 g/mol. The largest absolute Gasteiger partial charge is 0.480 e. The summed E-state index contributed by atoms with van der Waals surface area (Å²) in [6.07, 6.45) is -0.855. The molecule has 1 saturated heterocycles. The summed E-state index contributed by atoms with van der Waals surface area (Å²) in [7, 11) is 1.62. The molecule has 0 radical (unpaired) electrons. The van der Waals surface area contributed by atoms with E-state index in [1.807, 2.05) is 6.92 Å². The first kappa shape index (κ1) is 16.2. The summed E-state index contributed by atoms with van der Waals surface area (Å²) in [6, 6.07) is -2.46. The van der Waals surface area contributed by atoms with Crippen LogP contribution in [0, 0.1) is 0 Å². The van der Waals surface area contributed by atoms with Gasteiger partial charge in [0.1, 0.15) is 12.1 Å². The standard InChI is InChI=1S/C12H21N3O5/c1-4-14(3)10(17)7(2)13-12(20)15-6-8(16)5-9(15)11(18)19/h7-9,16H,4-6H2,1-3H3,(H,13,20)(H,18,19)/t7?,8-,9+/m1/s1. The number of urea groups is 1. The molecular weight excluding hydrogens is 266 g/mol. The number of aliphatic carboxylic acids is 1. The molecule has 1 rings (SSSR count). The number of rotatable bonds is 4. The van der Waals surface area contributed by atoms with E-state index in [9.17, 15) is 19.5 Å². The lowest BCUT2D eigenvalue weighted by atomic mass is 10.2. The number of likely N-dealkylation sites (tertiary alicyclic amines) is 1. The van der Waals surface area contributed by atoms with Crippen molar-refractivity contribution in [3.8, 4) is 0 Å². The zero-order valence-corrected chi connectivity index (χ0v) is 11.9. The predicted molar refractivity (Wildman–Crippen MR) is 70.1 cm³/mol. The second-order valence-electron chi connectivity index (χ2n) is 4.92. The molecule has 0 saturated carbocycles. The normalized spacial score (nSPS) is 23.3. The summed E-state index contributed by atoms with van der Waals surface area (Å²) in [6.45, 7) is 3.81. The topological polar surface area (TPSA) is 110 Å². The van der Waals surface area contributed by atoms with Crippen molar-refractivity contribution in [1.29, 1.82) is 0 Å². The van der Waals surface area contributed by atoms with Gasteiger partial charge in [-0.15, -0.1) is 0 Å². The summed E-state index contributed by atoms with van der Waals surface area (Å²) in [4.78, 5) is 37.4. The molecule has 3 N–H and O–H groups in total. The van der Waals surface area contributed by atoms with E-state index < -0.39 is 30.2 Å². The summed E-state index contributed by atoms with van der Waals surface area (Å²) in [5.74, 6) is -1.42. The first-order chi connectivity index (χ1) is 9.27. The van der Waals surface area contributed by atoms with Crippen LogP contribution in [0.15, 0.2) is 0 Å². The minimum absolute atomic E-state index is 0.0000561. The van der Waals surface area contributed by atoms with Gasteiger partial charge in [0.25, 0.3) is 0 Å². The van der Waals surface area contributed by atoms with E-state index in [2.05, 4.69) is 5.32 Å². The van der Waals surface area contributed by atoms with E-state index >= 15 is 0 Å². The highest BCUT2D eigenvalue weighted by Crippen LogP contribution is 2.18. The number of amides is 3. The molecule has 0 aliphatic carbocycles. The third-order valence-corrected chi connectivity index (χ3v) is 3.39. The second kappa shape index (κ2) is 6.56. The van der Waals surface area contributed by atoms with Crippen LogP contribution in [0.1, 0.15) is 20.3 Å². The lowest BCUT2D eigenvalue weighted by Crippen LogP contribution is -2.52. The highest BCUT2D eigenvalue weighted by atomic mass is 16.4. The highest BCUT2D eigenvalue weighted by Gasteiger charge is 2.39. The number of carbonyl (C=O) groups is 3. The van der Waals surface area contributed by atoms with E-state index in [4.69, 9.17) is 5.11 Å². The first-order valence-corrected chi connectivity index (χ1v) is 6.50. The first-order valence-electron chi connectivity index (χ1n) is 6.50. The molecule has 1 heterocycles. The Labute approximate surface area is 117 Å². The Morgan fingerprint density at radius 1 is 1.45 bits per heavy atom. The molecule has 3 atom stereocenters. The minimum Gasteiger partial charge on any atom is -0.480 e. The van der Waals surface area contributed by atoms with Gasteiger partial charge in [0, 0.05) is 26.6 Å². The third-order valence-electron chi connectivity index (χ3n) is 3.39. The van der Waals surface area contributed by atoms with Crippen molar-refractivity contribution < 1.29 is 24.6 Å². The molecule has 8 heteroatoms. The van der Waals surface area contributed by atoms with Gasteiger partial charge < -0.3 is 25.3 Å². The van der Waals surface area contributed by atoms with Crippen molar-refractivity contribution in [2.24, 2.45) is 0 Å². The maximum Gasteiger partial charge on any atom is 0.326 e. The summed E-state index contributed by atoms with van der Waals surface area (Å²) < 4.78 is 0. The van der Waals surface area contributed by atoms with Crippen LogP contribution in [0.5, 0.6) is 0 Å². The number of hydrogen-bond donors (Lipinski definition) is 3. The molecule has 0 aromatic rings. The number of nitrogens with zero attached hydrogens (tertiary/aromatic N) is 2. The fourth-order valence-electron chi connectivity index (χ4n) is 2.09. The van der Waals surface area contributed by atoms with Gasteiger partial charge in [-0.05, 0) is 13.8 Å². The average Bonchev–Trinajstić information content (AvgIpc) is 2.79. The molecule has 1 aliphatic heterocycles. The number of nitrogens with one attached hydrogen (secondary N) is 1. The Morgan fingerprint density at radius 3 is 2.55 bits per heavy atom. The smallest absolute Gasteiger partial charge is 0.326 e. The number of carbonyl (C=O) groups excluding carboxylic acids is 2. The van der Waals surface area contributed by atoms with Crippen LogP contribution in [0.4, 0.5) is 4.79 Å². The van der Waals surface area contributed by atoms with Crippen molar-refractivity contribution in [3.63, 3.8) is 0 Å². The van der Waals surface area contributed by atoms with Gasteiger partial charge in [0.05, 0.1) is 6.10 Å². The zero-order valence-electron chi connectivity index (χ0n) is 11.9. The SMILES string of the molecule is CCN(C)C(=O)C(C)NC(=O)N1C[C@H](O)C[C@H]1C(=O)O. The Kier molecular flexibility index (Phi) is 5.32. The third kappa shape index (κ3) is 3.60. The summed E-state index contributed by atoms with van der Waals surface area (Å²) in [5.41, 5.74) is 0. The summed E-state index contributed by atoms with van der Waals surface area (Å²) >= 11 is 0. The van der Waals surface area contributed by atoms with Crippen LogP contribution in [-0.2, 0) is 9.59 Å². The molecule has 0 bridgehead atoms. The Morgan fingerprint density at radius 2 is 2.05 bits per heavy atom. The van der Waals surface area contributed by atoms with Crippen LogP contribution < -0.4 is 5.32 Å².